The molecule has 1 aliphatic rings. The van der Waals surface area contributed by atoms with E-state index in [1.165, 1.54) is 6.42 Å². The van der Waals surface area contributed by atoms with Gasteiger partial charge in [-0.25, -0.2) is 0 Å². The fraction of sp³-hybridized carbons (Fsp3) is 1.00. The second-order valence-corrected chi connectivity index (χ2v) is 3.88. The smallest absolute Gasteiger partial charge is 0.160 e. The summed E-state index contributed by atoms with van der Waals surface area (Å²) in [6.45, 7) is 6.62. The van der Waals surface area contributed by atoms with Crippen LogP contribution in [0.5, 0.6) is 0 Å². The van der Waals surface area contributed by atoms with Crippen molar-refractivity contribution in [3.05, 3.63) is 0 Å². The van der Waals surface area contributed by atoms with Gasteiger partial charge in [-0.15, -0.1) is 0 Å². The highest BCUT2D eigenvalue weighted by molar-refractivity contribution is 4.75. The third-order valence-corrected chi connectivity index (χ3v) is 2.79. The molecular weight excluding hydrogens is 152 g/mol. The van der Waals surface area contributed by atoms with Crippen molar-refractivity contribution in [2.24, 2.45) is 11.8 Å². The van der Waals surface area contributed by atoms with Gasteiger partial charge in [0.25, 0.3) is 0 Å². The van der Waals surface area contributed by atoms with E-state index in [0.717, 1.165) is 6.42 Å². The first kappa shape index (κ1) is 10.0. The van der Waals surface area contributed by atoms with Crippen LogP contribution >= 0.6 is 0 Å². The van der Waals surface area contributed by atoms with E-state index in [9.17, 15) is 0 Å². The van der Waals surface area contributed by atoms with Gasteiger partial charge in [-0.3, -0.25) is 0 Å². The summed E-state index contributed by atoms with van der Waals surface area (Å²) in [7, 11) is 1.73. The van der Waals surface area contributed by atoms with Gasteiger partial charge in [0, 0.05) is 13.0 Å². The molecule has 2 nitrogen and oxygen atoms in total. The third-order valence-electron chi connectivity index (χ3n) is 2.79. The number of hydrogen-bond acceptors (Lipinski definition) is 2. The van der Waals surface area contributed by atoms with Crippen LogP contribution in [0.15, 0.2) is 0 Å². The lowest BCUT2D eigenvalue weighted by atomic mass is 9.88. The minimum atomic E-state index is 0.0196. The zero-order valence-electron chi connectivity index (χ0n) is 8.54. The topological polar surface area (TPSA) is 18.5 Å². The molecule has 2 heteroatoms. The van der Waals surface area contributed by atoms with Gasteiger partial charge in [-0.2, -0.15) is 0 Å². The van der Waals surface area contributed by atoms with E-state index in [0.29, 0.717) is 17.9 Å². The SMILES string of the molecule is CCC1O[C@@H](OC)C(C)C[C@H]1C. The maximum absolute atomic E-state index is 5.79. The molecule has 4 atom stereocenters. The summed E-state index contributed by atoms with van der Waals surface area (Å²) in [5.41, 5.74) is 0. The first-order chi connectivity index (χ1) is 5.69. The predicted molar refractivity (Wildman–Crippen MR) is 48.9 cm³/mol. The second kappa shape index (κ2) is 4.24. The van der Waals surface area contributed by atoms with Crippen molar-refractivity contribution in [3.63, 3.8) is 0 Å². The highest BCUT2D eigenvalue weighted by Gasteiger charge is 2.32. The summed E-state index contributed by atoms with van der Waals surface area (Å²) in [5, 5.41) is 0. The Labute approximate surface area is 75.2 Å². The van der Waals surface area contributed by atoms with Crippen LogP contribution in [-0.4, -0.2) is 19.5 Å². The molecule has 0 saturated carbocycles. The molecule has 0 amide bonds. The highest BCUT2D eigenvalue weighted by atomic mass is 16.7. The fourth-order valence-corrected chi connectivity index (χ4v) is 2.08. The minimum Gasteiger partial charge on any atom is -0.356 e. The van der Waals surface area contributed by atoms with Crippen molar-refractivity contribution in [1.82, 2.24) is 0 Å². The standard InChI is InChI=1S/C10H20O2/c1-5-9-7(2)6-8(3)10(11-4)12-9/h7-10H,5-6H2,1-4H3/t7-,8?,9?,10-/m1/s1. The van der Waals surface area contributed by atoms with Crippen LogP contribution in [0.2, 0.25) is 0 Å². The van der Waals surface area contributed by atoms with E-state index in [4.69, 9.17) is 9.47 Å². The lowest BCUT2D eigenvalue weighted by Crippen LogP contribution is -2.39. The van der Waals surface area contributed by atoms with E-state index in [-0.39, 0.29) is 6.29 Å². The van der Waals surface area contributed by atoms with E-state index < -0.39 is 0 Å². The lowest BCUT2D eigenvalue weighted by molar-refractivity contribution is -0.221. The van der Waals surface area contributed by atoms with E-state index in [2.05, 4.69) is 20.8 Å². The van der Waals surface area contributed by atoms with Crippen LogP contribution in [0.4, 0.5) is 0 Å². The van der Waals surface area contributed by atoms with Crippen LogP contribution in [0.3, 0.4) is 0 Å². The zero-order valence-corrected chi connectivity index (χ0v) is 8.54. The van der Waals surface area contributed by atoms with Crippen LogP contribution < -0.4 is 0 Å². The molecule has 0 N–H and O–H groups in total. The van der Waals surface area contributed by atoms with E-state index in [1.807, 2.05) is 0 Å². The summed E-state index contributed by atoms with van der Waals surface area (Å²) in [5.74, 6) is 1.21. The molecule has 12 heavy (non-hydrogen) atoms. The molecule has 72 valence electrons. The van der Waals surface area contributed by atoms with Gasteiger partial charge in [0.1, 0.15) is 0 Å². The molecule has 0 aromatic carbocycles. The number of methoxy groups -OCH3 is 1. The van der Waals surface area contributed by atoms with Gasteiger partial charge >= 0.3 is 0 Å². The Morgan fingerprint density at radius 1 is 1.33 bits per heavy atom. The molecule has 2 unspecified atom stereocenters. The van der Waals surface area contributed by atoms with Crippen molar-refractivity contribution in [2.75, 3.05) is 7.11 Å². The second-order valence-electron chi connectivity index (χ2n) is 3.88. The summed E-state index contributed by atoms with van der Waals surface area (Å²) < 4.78 is 11.0. The highest BCUT2D eigenvalue weighted by Crippen LogP contribution is 2.30. The quantitative estimate of drug-likeness (QED) is 0.637. The van der Waals surface area contributed by atoms with Gasteiger partial charge in [0.05, 0.1) is 6.10 Å². The monoisotopic (exact) mass is 172 g/mol. The lowest BCUT2D eigenvalue weighted by Gasteiger charge is -2.37. The first-order valence-electron chi connectivity index (χ1n) is 4.87. The van der Waals surface area contributed by atoms with Gasteiger partial charge in [0.15, 0.2) is 6.29 Å². The molecule has 1 rings (SSSR count). The molecule has 0 spiro atoms. The molecule has 0 bridgehead atoms. The molecule has 0 radical (unpaired) electrons. The molecule has 0 aliphatic carbocycles. The molecule has 1 fully saturated rings. The largest absolute Gasteiger partial charge is 0.356 e. The van der Waals surface area contributed by atoms with Crippen molar-refractivity contribution in [1.29, 1.82) is 0 Å². The molecule has 0 aromatic rings. The molecule has 1 saturated heterocycles. The summed E-state index contributed by atoms with van der Waals surface area (Å²) in [6.07, 6.45) is 2.72. The third kappa shape index (κ3) is 1.99. The Morgan fingerprint density at radius 3 is 2.50 bits per heavy atom. The van der Waals surface area contributed by atoms with E-state index >= 15 is 0 Å². The minimum absolute atomic E-state index is 0.0196. The maximum atomic E-state index is 5.79. The maximum Gasteiger partial charge on any atom is 0.160 e. The fourth-order valence-electron chi connectivity index (χ4n) is 2.08. The zero-order chi connectivity index (χ0) is 9.14. The Balaban J connectivity index is 2.50. The van der Waals surface area contributed by atoms with Gasteiger partial charge in [0.2, 0.25) is 0 Å². The van der Waals surface area contributed by atoms with Crippen molar-refractivity contribution in [3.8, 4) is 0 Å². The van der Waals surface area contributed by atoms with Crippen LogP contribution in [0.25, 0.3) is 0 Å². The molecule has 1 heterocycles. The summed E-state index contributed by atoms with van der Waals surface area (Å²) in [4.78, 5) is 0. The molecule has 1 aliphatic heterocycles. The Morgan fingerprint density at radius 2 is 2.00 bits per heavy atom. The van der Waals surface area contributed by atoms with Crippen molar-refractivity contribution >= 4 is 0 Å². The van der Waals surface area contributed by atoms with E-state index in [1.54, 1.807) is 7.11 Å². The number of hydrogen-bond donors (Lipinski definition) is 0. The normalized spacial score (nSPS) is 43.0. The van der Waals surface area contributed by atoms with Crippen LogP contribution in [-0.2, 0) is 9.47 Å². The number of ether oxygens (including phenoxy) is 2. The average molecular weight is 172 g/mol. The summed E-state index contributed by atoms with van der Waals surface area (Å²) >= 11 is 0. The van der Waals surface area contributed by atoms with Crippen LogP contribution in [0, 0.1) is 11.8 Å². The predicted octanol–water partition coefficient (Wildman–Crippen LogP) is 2.43. The average Bonchev–Trinajstić information content (AvgIpc) is 2.05. The molecular formula is C10H20O2. The Kier molecular flexibility index (Phi) is 3.53. The van der Waals surface area contributed by atoms with Crippen LogP contribution in [0.1, 0.15) is 33.6 Å². The summed E-state index contributed by atoms with van der Waals surface area (Å²) in [6, 6.07) is 0. The number of rotatable bonds is 2. The van der Waals surface area contributed by atoms with Gasteiger partial charge < -0.3 is 9.47 Å². The molecule has 0 aromatic heterocycles. The first-order valence-corrected chi connectivity index (χ1v) is 4.87. The van der Waals surface area contributed by atoms with Gasteiger partial charge in [-0.1, -0.05) is 20.8 Å². The Bertz CT molecular complexity index is 122. The Hall–Kier alpha value is -0.0800. The van der Waals surface area contributed by atoms with Gasteiger partial charge in [-0.05, 0) is 18.8 Å². The van der Waals surface area contributed by atoms with Crippen molar-refractivity contribution in [2.45, 2.75) is 46.0 Å². The van der Waals surface area contributed by atoms with Crippen molar-refractivity contribution < 1.29 is 9.47 Å².